The monoisotopic (exact) mass is 432 g/mol. The van der Waals surface area contributed by atoms with Crippen molar-refractivity contribution in [3.05, 3.63) is 71.2 Å². The summed E-state index contributed by atoms with van der Waals surface area (Å²) in [6.07, 6.45) is 0. The number of hydrogen-bond acceptors (Lipinski definition) is 4. The first-order chi connectivity index (χ1) is 13.8. The lowest BCUT2D eigenvalue weighted by Crippen LogP contribution is -2.44. The third-order valence-corrected chi connectivity index (χ3v) is 6.18. The largest absolute Gasteiger partial charge is 0.497 e. The SMILES string of the molecule is COc1ccc2cc(CNC(=O)[C@@H](C)NS(=O)(=O)c3cccc(Cl)c3)ccc2c1. The number of nitrogens with one attached hydrogen (secondary N) is 2. The summed E-state index contributed by atoms with van der Waals surface area (Å²) in [6.45, 7) is 1.77. The highest BCUT2D eigenvalue weighted by Gasteiger charge is 2.22. The molecule has 8 heteroatoms. The minimum Gasteiger partial charge on any atom is -0.497 e. The van der Waals surface area contributed by atoms with E-state index in [4.69, 9.17) is 16.3 Å². The van der Waals surface area contributed by atoms with E-state index >= 15 is 0 Å². The van der Waals surface area contributed by atoms with Crippen molar-refractivity contribution in [2.45, 2.75) is 24.4 Å². The van der Waals surface area contributed by atoms with E-state index in [1.807, 2.05) is 36.4 Å². The third-order valence-electron chi connectivity index (χ3n) is 4.41. The van der Waals surface area contributed by atoms with Crippen molar-refractivity contribution in [1.29, 1.82) is 0 Å². The van der Waals surface area contributed by atoms with E-state index in [-0.39, 0.29) is 11.4 Å². The van der Waals surface area contributed by atoms with Crippen LogP contribution in [0, 0.1) is 0 Å². The fraction of sp³-hybridized carbons (Fsp3) is 0.190. The zero-order chi connectivity index (χ0) is 21.0. The van der Waals surface area contributed by atoms with E-state index in [0.717, 1.165) is 22.1 Å². The molecule has 3 rings (SSSR count). The molecule has 0 aliphatic heterocycles. The van der Waals surface area contributed by atoms with E-state index in [2.05, 4.69) is 10.0 Å². The number of methoxy groups -OCH3 is 1. The van der Waals surface area contributed by atoms with E-state index in [1.54, 1.807) is 13.2 Å². The molecule has 29 heavy (non-hydrogen) atoms. The van der Waals surface area contributed by atoms with Crippen molar-refractivity contribution in [2.24, 2.45) is 0 Å². The molecule has 0 aliphatic rings. The Kier molecular flexibility index (Phi) is 6.42. The number of amides is 1. The quantitative estimate of drug-likeness (QED) is 0.598. The Morgan fingerprint density at radius 2 is 1.79 bits per heavy atom. The predicted octanol–water partition coefficient (Wildman–Crippen LogP) is 3.49. The molecule has 152 valence electrons. The average molecular weight is 433 g/mol. The average Bonchev–Trinajstić information content (AvgIpc) is 2.71. The van der Waals surface area contributed by atoms with Gasteiger partial charge >= 0.3 is 0 Å². The molecule has 3 aromatic rings. The van der Waals surface area contributed by atoms with Crippen LogP contribution in [0.4, 0.5) is 0 Å². The van der Waals surface area contributed by atoms with Crippen molar-refractivity contribution in [2.75, 3.05) is 7.11 Å². The van der Waals surface area contributed by atoms with Crippen molar-refractivity contribution in [1.82, 2.24) is 10.0 Å². The number of sulfonamides is 1. The molecule has 1 atom stereocenters. The minimum absolute atomic E-state index is 0.00890. The van der Waals surface area contributed by atoms with Crippen LogP contribution in [0.5, 0.6) is 5.75 Å². The molecule has 0 aromatic heterocycles. The number of carbonyl (C=O) groups is 1. The predicted molar refractivity (Wildman–Crippen MR) is 114 cm³/mol. The van der Waals surface area contributed by atoms with E-state index in [9.17, 15) is 13.2 Å². The molecule has 0 heterocycles. The molecular weight excluding hydrogens is 412 g/mol. The van der Waals surface area contributed by atoms with Crippen LogP contribution < -0.4 is 14.8 Å². The third kappa shape index (κ3) is 5.26. The summed E-state index contributed by atoms with van der Waals surface area (Å²) in [7, 11) is -2.23. The van der Waals surface area contributed by atoms with Crippen molar-refractivity contribution >= 4 is 38.3 Å². The van der Waals surface area contributed by atoms with Gasteiger partial charge < -0.3 is 10.1 Å². The van der Waals surface area contributed by atoms with Crippen LogP contribution >= 0.6 is 11.6 Å². The van der Waals surface area contributed by atoms with Crippen LogP contribution in [0.15, 0.2) is 65.6 Å². The number of carbonyl (C=O) groups excluding carboxylic acids is 1. The van der Waals surface area contributed by atoms with Crippen LogP contribution in [-0.4, -0.2) is 27.5 Å². The number of benzene rings is 3. The Labute approximate surface area is 174 Å². The lowest BCUT2D eigenvalue weighted by molar-refractivity contribution is -0.122. The first-order valence-corrected chi connectivity index (χ1v) is 10.8. The van der Waals surface area contributed by atoms with Gasteiger partial charge in [-0.2, -0.15) is 4.72 Å². The van der Waals surface area contributed by atoms with Crippen LogP contribution in [-0.2, 0) is 21.4 Å². The zero-order valence-corrected chi connectivity index (χ0v) is 17.5. The lowest BCUT2D eigenvalue weighted by atomic mass is 10.1. The van der Waals surface area contributed by atoms with Crippen molar-refractivity contribution in [3.8, 4) is 5.75 Å². The van der Waals surface area contributed by atoms with Gasteiger partial charge in [-0.25, -0.2) is 8.42 Å². The van der Waals surface area contributed by atoms with Gasteiger partial charge in [0, 0.05) is 11.6 Å². The molecule has 2 N–H and O–H groups in total. The molecule has 0 saturated heterocycles. The van der Waals surface area contributed by atoms with Crippen molar-refractivity contribution in [3.63, 3.8) is 0 Å². The summed E-state index contributed by atoms with van der Waals surface area (Å²) in [6, 6.07) is 16.5. The van der Waals surface area contributed by atoms with Gasteiger partial charge in [0.1, 0.15) is 5.75 Å². The van der Waals surface area contributed by atoms with E-state index in [0.29, 0.717) is 5.02 Å². The first kappa shape index (κ1) is 21.1. The summed E-state index contributed by atoms with van der Waals surface area (Å²) < 4.78 is 32.4. The highest BCUT2D eigenvalue weighted by atomic mass is 35.5. The molecule has 0 saturated carbocycles. The topological polar surface area (TPSA) is 84.5 Å². The number of fused-ring (bicyclic) bond motifs is 1. The molecule has 0 aliphatic carbocycles. The molecule has 6 nitrogen and oxygen atoms in total. The summed E-state index contributed by atoms with van der Waals surface area (Å²) in [5.74, 6) is 0.352. The molecule has 0 unspecified atom stereocenters. The lowest BCUT2D eigenvalue weighted by Gasteiger charge is -2.15. The second-order valence-electron chi connectivity index (χ2n) is 6.57. The second-order valence-corrected chi connectivity index (χ2v) is 8.72. The molecule has 3 aromatic carbocycles. The Hall–Kier alpha value is -2.61. The molecule has 1 amide bonds. The maximum atomic E-state index is 12.4. The van der Waals surface area contributed by atoms with Gasteiger partial charge in [-0.1, -0.05) is 35.9 Å². The highest BCUT2D eigenvalue weighted by Crippen LogP contribution is 2.22. The van der Waals surface area contributed by atoms with Gasteiger partial charge in [-0.05, 0) is 59.7 Å². The Balaban J connectivity index is 1.63. The maximum Gasteiger partial charge on any atom is 0.241 e. The normalized spacial score (nSPS) is 12.5. The van der Waals surface area contributed by atoms with E-state index < -0.39 is 22.0 Å². The molecule has 0 fully saturated rings. The van der Waals surface area contributed by atoms with Crippen LogP contribution in [0.25, 0.3) is 10.8 Å². The smallest absolute Gasteiger partial charge is 0.241 e. The standard InChI is InChI=1S/C21H21ClN2O4S/c1-14(24-29(26,27)20-5-3-4-18(22)12-20)21(25)23-13-15-6-7-17-11-19(28-2)9-8-16(17)10-15/h3-12,14,24H,13H2,1-2H3,(H,23,25)/t14-/m1/s1. The number of halogens is 1. The second kappa shape index (κ2) is 8.82. The van der Waals surface area contributed by atoms with Crippen LogP contribution in [0.2, 0.25) is 5.02 Å². The summed E-state index contributed by atoms with van der Waals surface area (Å²) in [5.41, 5.74) is 0.904. The van der Waals surface area contributed by atoms with Gasteiger partial charge in [0.25, 0.3) is 0 Å². The van der Waals surface area contributed by atoms with Gasteiger partial charge in [-0.15, -0.1) is 0 Å². The number of hydrogen-bond donors (Lipinski definition) is 2. The summed E-state index contributed by atoms with van der Waals surface area (Å²) >= 11 is 5.85. The number of ether oxygens (including phenoxy) is 1. The fourth-order valence-corrected chi connectivity index (χ4v) is 4.34. The van der Waals surface area contributed by atoms with Crippen LogP contribution in [0.3, 0.4) is 0 Å². The number of rotatable bonds is 7. The molecule has 0 spiro atoms. The summed E-state index contributed by atoms with van der Waals surface area (Å²) in [5, 5.41) is 5.11. The van der Waals surface area contributed by atoms with E-state index in [1.165, 1.54) is 25.1 Å². The fourth-order valence-electron chi connectivity index (χ4n) is 2.84. The van der Waals surface area contributed by atoms with Gasteiger partial charge in [0.2, 0.25) is 15.9 Å². The highest BCUT2D eigenvalue weighted by molar-refractivity contribution is 7.89. The summed E-state index contributed by atoms with van der Waals surface area (Å²) in [4.78, 5) is 12.4. The molecule has 0 radical (unpaired) electrons. The Bertz CT molecular complexity index is 1150. The maximum absolute atomic E-state index is 12.4. The Morgan fingerprint density at radius 1 is 1.07 bits per heavy atom. The van der Waals surface area contributed by atoms with Gasteiger partial charge in [0.15, 0.2) is 0 Å². The molecule has 0 bridgehead atoms. The first-order valence-electron chi connectivity index (χ1n) is 8.91. The van der Waals surface area contributed by atoms with Gasteiger partial charge in [-0.3, -0.25) is 4.79 Å². The zero-order valence-electron chi connectivity index (χ0n) is 16.0. The van der Waals surface area contributed by atoms with Gasteiger partial charge in [0.05, 0.1) is 18.0 Å². The van der Waals surface area contributed by atoms with Crippen molar-refractivity contribution < 1.29 is 17.9 Å². The Morgan fingerprint density at radius 3 is 2.52 bits per heavy atom. The minimum atomic E-state index is -3.85. The van der Waals surface area contributed by atoms with Crippen LogP contribution in [0.1, 0.15) is 12.5 Å². The molecular formula is C21H21ClN2O4S.